The largest absolute Gasteiger partial charge is 0.490 e. The molecule has 0 saturated carbocycles. The summed E-state index contributed by atoms with van der Waals surface area (Å²) in [7, 11) is 0. The Morgan fingerprint density at radius 1 is 1.57 bits per heavy atom. The first-order valence-electron chi connectivity index (χ1n) is 7.06. The van der Waals surface area contributed by atoms with Crippen LogP contribution in [0, 0.1) is 5.41 Å². The molecule has 1 heterocycles. The molecule has 1 aliphatic rings. The van der Waals surface area contributed by atoms with Gasteiger partial charge in [0.2, 0.25) is 5.91 Å². The number of ether oxygens (including phenoxy) is 1. The van der Waals surface area contributed by atoms with Crippen LogP contribution in [0.1, 0.15) is 13.3 Å². The van der Waals surface area contributed by atoms with Crippen LogP contribution in [0.15, 0.2) is 28.7 Å². The molecular formula is C15H21BrN2O3. The second kappa shape index (κ2) is 7.24. The van der Waals surface area contributed by atoms with Crippen molar-refractivity contribution < 1.29 is 14.6 Å². The Balaban J connectivity index is 1.74. The molecule has 0 spiro atoms. The summed E-state index contributed by atoms with van der Waals surface area (Å²) in [5.41, 5.74) is -0.372. The first kappa shape index (κ1) is 16.3. The Labute approximate surface area is 133 Å². The van der Waals surface area contributed by atoms with Gasteiger partial charge in [0.15, 0.2) is 0 Å². The van der Waals surface area contributed by atoms with Crippen LogP contribution in [0.25, 0.3) is 0 Å². The summed E-state index contributed by atoms with van der Waals surface area (Å²) < 4.78 is 6.36. The molecule has 116 valence electrons. The van der Waals surface area contributed by atoms with Gasteiger partial charge in [-0.2, -0.15) is 0 Å². The zero-order valence-corrected chi connectivity index (χ0v) is 13.6. The highest BCUT2D eigenvalue weighted by molar-refractivity contribution is 9.10. The standard InChI is InChI=1S/C15H21BrN2O3/c1-15(6-7-17-10-15)14(20)18-8-11(19)9-21-13-5-3-2-4-12(13)16/h2-5,11,17,19H,6-10H2,1H3,(H,18,20)/t11-,15-/m0/s1. The average Bonchev–Trinajstić information content (AvgIpc) is 2.92. The number of aliphatic hydroxyl groups is 1. The lowest BCUT2D eigenvalue weighted by molar-refractivity contribution is -0.129. The van der Waals surface area contributed by atoms with Crippen LogP contribution < -0.4 is 15.4 Å². The fraction of sp³-hybridized carbons (Fsp3) is 0.533. The number of hydrogen-bond acceptors (Lipinski definition) is 4. The third kappa shape index (κ3) is 4.43. The summed E-state index contributed by atoms with van der Waals surface area (Å²) >= 11 is 3.38. The van der Waals surface area contributed by atoms with Crippen molar-refractivity contribution in [3.05, 3.63) is 28.7 Å². The Hall–Kier alpha value is -1.11. The normalized spacial score (nSPS) is 22.8. The quantitative estimate of drug-likeness (QED) is 0.718. The summed E-state index contributed by atoms with van der Waals surface area (Å²) in [4.78, 5) is 12.1. The molecule has 0 bridgehead atoms. The van der Waals surface area contributed by atoms with Gasteiger partial charge >= 0.3 is 0 Å². The van der Waals surface area contributed by atoms with E-state index in [1.165, 1.54) is 0 Å². The average molecular weight is 357 g/mol. The molecule has 1 aliphatic heterocycles. The molecular weight excluding hydrogens is 336 g/mol. The van der Waals surface area contributed by atoms with Crippen LogP contribution in [-0.2, 0) is 4.79 Å². The molecule has 3 N–H and O–H groups in total. The van der Waals surface area contributed by atoms with E-state index in [0.29, 0.717) is 12.3 Å². The van der Waals surface area contributed by atoms with Gasteiger partial charge in [-0.3, -0.25) is 4.79 Å². The van der Waals surface area contributed by atoms with Gasteiger partial charge in [-0.15, -0.1) is 0 Å². The van der Waals surface area contributed by atoms with E-state index in [4.69, 9.17) is 4.74 Å². The molecule has 1 saturated heterocycles. The number of hydrogen-bond donors (Lipinski definition) is 3. The van der Waals surface area contributed by atoms with Crippen LogP contribution in [0.5, 0.6) is 5.75 Å². The number of rotatable bonds is 6. The van der Waals surface area contributed by atoms with Gasteiger partial charge in [0.05, 0.1) is 9.89 Å². The highest BCUT2D eigenvalue weighted by Gasteiger charge is 2.36. The van der Waals surface area contributed by atoms with Crippen LogP contribution >= 0.6 is 15.9 Å². The predicted octanol–water partition coefficient (Wildman–Crippen LogP) is 1.30. The molecule has 5 nitrogen and oxygen atoms in total. The van der Waals surface area contributed by atoms with Gasteiger partial charge in [0.1, 0.15) is 18.5 Å². The van der Waals surface area contributed by atoms with Crippen LogP contribution in [0.2, 0.25) is 0 Å². The number of aliphatic hydroxyl groups excluding tert-OH is 1. The van der Waals surface area contributed by atoms with E-state index in [2.05, 4.69) is 26.6 Å². The summed E-state index contributed by atoms with van der Waals surface area (Å²) in [5.74, 6) is 0.655. The lowest BCUT2D eigenvalue weighted by Gasteiger charge is -2.22. The monoisotopic (exact) mass is 356 g/mol. The Kier molecular flexibility index (Phi) is 5.61. The second-order valence-corrected chi connectivity index (χ2v) is 6.45. The minimum atomic E-state index is -0.737. The topological polar surface area (TPSA) is 70.6 Å². The first-order chi connectivity index (χ1) is 10.0. The van der Waals surface area contributed by atoms with Crippen molar-refractivity contribution in [1.82, 2.24) is 10.6 Å². The van der Waals surface area contributed by atoms with E-state index in [9.17, 15) is 9.90 Å². The van der Waals surface area contributed by atoms with E-state index in [1.54, 1.807) is 0 Å². The fourth-order valence-corrected chi connectivity index (χ4v) is 2.64. The van der Waals surface area contributed by atoms with Crippen molar-refractivity contribution >= 4 is 21.8 Å². The predicted molar refractivity (Wildman–Crippen MR) is 84.2 cm³/mol. The third-order valence-corrected chi connectivity index (χ3v) is 4.34. The Morgan fingerprint density at radius 2 is 2.33 bits per heavy atom. The lowest BCUT2D eigenvalue weighted by atomic mass is 9.89. The molecule has 1 amide bonds. The molecule has 0 aliphatic carbocycles. The lowest BCUT2D eigenvalue weighted by Crippen LogP contribution is -2.44. The van der Waals surface area contributed by atoms with Gasteiger partial charge in [-0.25, -0.2) is 0 Å². The van der Waals surface area contributed by atoms with Gasteiger partial charge in [-0.05, 0) is 48.0 Å². The number of amides is 1. The molecule has 0 aromatic heterocycles. The smallest absolute Gasteiger partial charge is 0.227 e. The van der Waals surface area contributed by atoms with Crippen molar-refractivity contribution in [2.24, 2.45) is 5.41 Å². The van der Waals surface area contributed by atoms with Crippen molar-refractivity contribution in [3.8, 4) is 5.75 Å². The SMILES string of the molecule is C[C@]1(C(=O)NC[C@H](O)COc2ccccc2Br)CCNC1. The maximum atomic E-state index is 12.1. The van der Waals surface area contributed by atoms with E-state index in [0.717, 1.165) is 17.4 Å². The Bertz CT molecular complexity index is 490. The molecule has 0 radical (unpaired) electrons. The maximum absolute atomic E-state index is 12.1. The molecule has 6 heteroatoms. The highest BCUT2D eigenvalue weighted by atomic mass is 79.9. The molecule has 1 aromatic rings. The number of carbonyl (C=O) groups is 1. The zero-order valence-electron chi connectivity index (χ0n) is 12.1. The zero-order chi connectivity index (χ0) is 15.3. The van der Waals surface area contributed by atoms with Crippen LogP contribution in [0.3, 0.4) is 0 Å². The second-order valence-electron chi connectivity index (χ2n) is 5.59. The number of carbonyl (C=O) groups excluding carboxylic acids is 1. The van der Waals surface area contributed by atoms with E-state index in [1.807, 2.05) is 31.2 Å². The fourth-order valence-electron chi connectivity index (χ4n) is 2.24. The van der Waals surface area contributed by atoms with Gasteiger partial charge in [-0.1, -0.05) is 12.1 Å². The van der Waals surface area contributed by atoms with Gasteiger partial charge in [0, 0.05) is 13.1 Å². The van der Waals surface area contributed by atoms with Crippen molar-refractivity contribution in [2.75, 3.05) is 26.2 Å². The third-order valence-electron chi connectivity index (χ3n) is 3.68. The number of benzene rings is 1. The molecule has 2 atom stereocenters. The van der Waals surface area contributed by atoms with Crippen molar-refractivity contribution in [2.45, 2.75) is 19.4 Å². The van der Waals surface area contributed by atoms with Crippen LogP contribution in [0.4, 0.5) is 0 Å². The molecule has 1 aromatic carbocycles. The minimum Gasteiger partial charge on any atom is -0.490 e. The van der Waals surface area contributed by atoms with Gasteiger partial charge < -0.3 is 20.5 Å². The summed E-state index contributed by atoms with van der Waals surface area (Å²) in [6, 6.07) is 7.45. The maximum Gasteiger partial charge on any atom is 0.227 e. The summed E-state index contributed by atoms with van der Waals surface area (Å²) in [6.45, 7) is 3.81. The van der Waals surface area contributed by atoms with E-state index in [-0.39, 0.29) is 24.5 Å². The summed E-state index contributed by atoms with van der Waals surface area (Å²) in [5, 5.41) is 15.9. The highest BCUT2D eigenvalue weighted by Crippen LogP contribution is 2.25. The Morgan fingerprint density at radius 3 is 3.00 bits per heavy atom. The first-order valence-corrected chi connectivity index (χ1v) is 7.85. The number of halogens is 1. The molecule has 2 rings (SSSR count). The molecule has 21 heavy (non-hydrogen) atoms. The molecule has 0 unspecified atom stereocenters. The number of nitrogens with one attached hydrogen (secondary N) is 2. The minimum absolute atomic E-state index is 0.0209. The number of para-hydroxylation sites is 1. The molecule has 1 fully saturated rings. The van der Waals surface area contributed by atoms with Crippen molar-refractivity contribution in [3.63, 3.8) is 0 Å². The summed E-state index contributed by atoms with van der Waals surface area (Å²) in [6.07, 6.45) is 0.0848. The van der Waals surface area contributed by atoms with Crippen molar-refractivity contribution in [1.29, 1.82) is 0 Å². The van der Waals surface area contributed by atoms with E-state index < -0.39 is 6.10 Å². The van der Waals surface area contributed by atoms with Gasteiger partial charge in [0.25, 0.3) is 0 Å². The van der Waals surface area contributed by atoms with Crippen LogP contribution in [-0.4, -0.2) is 43.4 Å². The van der Waals surface area contributed by atoms with E-state index >= 15 is 0 Å².